The van der Waals surface area contributed by atoms with Crippen LogP contribution in [0, 0.1) is 5.41 Å². The highest BCUT2D eigenvalue weighted by atomic mass is 16.3. The third kappa shape index (κ3) is 6.91. The second-order valence-corrected chi connectivity index (χ2v) is 7.36. The zero-order valence-electron chi connectivity index (χ0n) is 18.2. The molecule has 30 heavy (non-hydrogen) atoms. The Morgan fingerprint density at radius 3 is 2.40 bits per heavy atom. The normalized spacial score (nSPS) is 11.9. The van der Waals surface area contributed by atoms with E-state index in [-0.39, 0.29) is 23.7 Å². The molecule has 0 bridgehead atoms. The number of rotatable bonds is 11. The predicted octanol–water partition coefficient (Wildman–Crippen LogP) is 3.78. The number of anilines is 1. The number of guanidine groups is 1. The van der Waals surface area contributed by atoms with Crippen LogP contribution in [0.1, 0.15) is 56.2 Å². The van der Waals surface area contributed by atoms with Crippen molar-refractivity contribution in [2.75, 3.05) is 25.0 Å². The first-order chi connectivity index (χ1) is 14.6. The summed E-state index contributed by atoms with van der Waals surface area (Å²) in [5, 5.41) is 18.9. The number of amides is 1. The number of hydrogen-bond donors (Lipinski definition) is 4. The summed E-state index contributed by atoms with van der Waals surface area (Å²) in [5.74, 6) is 0.765. The minimum Gasteiger partial charge on any atom is -0.459 e. The molecule has 7 heteroatoms. The van der Waals surface area contributed by atoms with E-state index in [9.17, 15) is 9.90 Å². The Balaban J connectivity index is 1.95. The molecule has 1 aromatic heterocycles. The molecule has 0 saturated heterocycles. The Morgan fingerprint density at radius 1 is 1.10 bits per heavy atom. The predicted molar refractivity (Wildman–Crippen MR) is 121 cm³/mol. The molecule has 7 nitrogen and oxygen atoms in total. The van der Waals surface area contributed by atoms with Gasteiger partial charge < -0.3 is 25.5 Å². The molecule has 2 rings (SSSR count). The topological polar surface area (TPSA) is 98.9 Å². The van der Waals surface area contributed by atoms with Gasteiger partial charge in [0, 0.05) is 25.4 Å². The summed E-state index contributed by atoms with van der Waals surface area (Å²) in [6.45, 7) is 8.62. The Hall–Kier alpha value is -2.80. The SMILES string of the molecule is CCNC(=NCc1ccc(NC(=O)c2ccco2)cc1)NCC(CC)(CC)CCO. The number of aliphatic imine (C=N–C) groups is 1. The van der Waals surface area contributed by atoms with Crippen LogP contribution in [0.15, 0.2) is 52.1 Å². The van der Waals surface area contributed by atoms with Crippen LogP contribution in [0.3, 0.4) is 0 Å². The van der Waals surface area contributed by atoms with Gasteiger partial charge in [-0.15, -0.1) is 0 Å². The summed E-state index contributed by atoms with van der Waals surface area (Å²) in [6.07, 6.45) is 4.25. The lowest BCUT2D eigenvalue weighted by Gasteiger charge is -2.32. The molecule has 0 fully saturated rings. The van der Waals surface area contributed by atoms with Gasteiger partial charge in [0.15, 0.2) is 11.7 Å². The van der Waals surface area contributed by atoms with E-state index in [1.54, 1.807) is 12.1 Å². The third-order valence-corrected chi connectivity index (χ3v) is 5.49. The first-order valence-electron chi connectivity index (χ1n) is 10.6. The average Bonchev–Trinajstić information content (AvgIpc) is 3.31. The van der Waals surface area contributed by atoms with Crippen molar-refractivity contribution >= 4 is 17.6 Å². The quantitative estimate of drug-likeness (QED) is 0.331. The fourth-order valence-electron chi connectivity index (χ4n) is 3.26. The first-order valence-corrected chi connectivity index (χ1v) is 10.6. The monoisotopic (exact) mass is 414 g/mol. The van der Waals surface area contributed by atoms with Crippen molar-refractivity contribution in [1.29, 1.82) is 0 Å². The van der Waals surface area contributed by atoms with Gasteiger partial charge in [-0.3, -0.25) is 4.79 Å². The number of carbonyl (C=O) groups is 1. The number of carbonyl (C=O) groups excluding carboxylic acids is 1. The maximum Gasteiger partial charge on any atom is 0.291 e. The van der Waals surface area contributed by atoms with Crippen molar-refractivity contribution < 1.29 is 14.3 Å². The van der Waals surface area contributed by atoms with E-state index in [1.165, 1.54) is 6.26 Å². The van der Waals surface area contributed by atoms with Gasteiger partial charge in [-0.2, -0.15) is 0 Å². The average molecular weight is 415 g/mol. The fraction of sp³-hybridized carbons (Fsp3) is 0.478. The van der Waals surface area contributed by atoms with E-state index in [0.717, 1.165) is 43.9 Å². The Morgan fingerprint density at radius 2 is 1.83 bits per heavy atom. The summed E-state index contributed by atoms with van der Waals surface area (Å²) in [4.78, 5) is 16.7. The molecule has 0 radical (unpaired) electrons. The van der Waals surface area contributed by atoms with Crippen molar-refractivity contribution in [3.63, 3.8) is 0 Å². The van der Waals surface area contributed by atoms with E-state index in [1.807, 2.05) is 31.2 Å². The van der Waals surface area contributed by atoms with Gasteiger partial charge in [0.05, 0.1) is 12.8 Å². The highest BCUT2D eigenvalue weighted by Gasteiger charge is 2.25. The summed E-state index contributed by atoms with van der Waals surface area (Å²) >= 11 is 0. The molecule has 0 atom stereocenters. The molecular weight excluding hydrogens is 380 g/mol. The molecule has 0 spiro atoms. The van der Waals surface area contributed by atoms with Crippen molar-refractivity contribution in [3.05, 3.63) is 54.0 Å². The van der Waals surface area contributed by atoms with E-state index in [0.29, 0.717) is 12.2 Å². The lowest BCUT2D eigenvalue weighted by Crippen LogP contribution is -2.43. The number of nitrogens with zero attached hydrogens (tertiary/aromatic N) is 1. The Bertz CT molecular complexity index is 781. The summed E-state index contributed by atoms with van der Waals surface area (Å²) in [6, 6.07) is 10.9. The van der Waals surface area contributed by atoms with E-state index < -0.39 is 0 Å². The van der Waals surface area contributed by atoms with Crippen LogP contribution >= 0.6 is 0 Å². The first kappa shape index (κ1) is 23.5. The van der Waals surface area contributed by atoms with Gasteiger partial charge in [-0.05, 0) is 61.4 Å². The fourth-order valence-corrected chi connectivity index (χ4v) is 3.26. The van der Waals surface area contributed by atoms with Crippen LogP contribution in [0.2, 0.25) is 0 Å². The molecule has 0 aliphatic heterocycles. The maximum atomic E-state index is 12.0. The molecule has 0 aliphatic carbocycles. The smallest absolute Gasteiger partial charge is 0.291 e. The number of benzene rings is 1. The summed E-state index contributed by atoms with van der Waals surface area (Å²) in [7, 11) is 0. The highest BCUT2D eigenvalue weighted by molar-refractivity contribution is 6.02. The van der Waals surface area contributed by atoms with Crippen LogP contribution < -0.4 is 16.0 Å². The van der Waals surface area contributed by atoms with Crippen LogP contribution in [0.25, 0.3) is 0 Å². The minimum absolute atomic E-state index is 0.0682. The molecular formula is C23H34N4O3. The maximum absolute atomic E-state index is 12.0. The van der Waals surface area contributed by atoms with Crippen LogP contribution in [-0.4, -0.2) is 36.7 Å². The molecule has 2 aromatic rings. The van der Waals surface area contributed by atoms with Crippen LogP contribution in [-0.2, 0) is 6.54 Å². The third-order valence-electron chi connectivity index (χ3n) is 5.49. The van der Waals surface area contributed by atoms with Gasteiger partial charge in [-0.25, -0.2) is 4.99 Å². The second-order valence-electron chi connectivity index (χ2n) is 7.36. The molecule has 4 N–H and O–H groups in total. The summed E-state index contributed by atoms with van der Waals surface area (Å²) in [5.41, 5.74) is 1.81. The van der Waals surface area contributed by atoms with Gasteiger partial charge in [0.25, 0.3) is 5.91 Å². The number of hydrogen-bond acceptors (Lipinski definition) is 4. The molecule has 1 heterocycles. The lowest BCUT2D eigenvalue weighted by atomic mass is 9.79. The Kier molecular flexibility index (Phi) is 9.41. The Labute approximate surface area is 179 Å². The zero-order chi connectivity index (χ0) is 21.8. The number of aliphatic hydroxyl groups is 1. The largest absolute Gasteiger partial charge is 0.459 e. The molecule has 1 aromatic carbocycles. The number of furan rings is 1. The van der Waals surface area contributed by atoms with Gasteiger partial charge in [0.2, 0.25) is 0 Å². The van der Waals surface area contributed by atoms with Gasteiger partial charge in [-0.1, -0.05) is 26.0 Å². The zero-order valence-corrected chi connectivity index (χ0v) is 18.2. The molecule has 0 saturated carbocycles. The van der Waals surface area contributed by atoms with Gasteiger partial charge in [0.1, 0.15) is 0 Å². The van der Waals surface area contributed by atoms with E-state index in [4.69, 9.17) is 4.42 Å². The lowest BCUT2D eigenvalue weighted by molar-refractivity contribution is 0.0996. The second kappa shape index (κ2) is 12.0. The molecule has 1 amide bonds. The highest BCUT2D eigenvalue weighted by Crippen LogP contribution is 2.29. The van der Waals surface area contributed by atoms with Crippen molar-refractivity contribution in [3.8, 4) is 0 Å². The minimum atomic E-state index is -0.275. The standard InChI is InChI=1S/C23H34N4O3/c1-4-23(5-2,13-14-28)17-26-22(24-6-3)25-16-18-9-11-19(12-10-18)27-21(29)20-8-7-15-30-20/h7-12,15,28H,4-6,13-14,16-17H2,1-3H3,(H,27,29)(H2,24,25,26). The van der Waals surface area contributed by atoms with Crippen LogP contribution in [0.4, 0.5) is 5.69 Å². The van der Waals surface area contributed by atoms with Crippen molar-refractivity contribution in [1.82, 2.24) is 10.6 Å². The molecule has 0 unspecified atom stereocenters. The van der Waals surface area contributed by atoms with Crippen molar-refractivity contribution in [2.24, 2.45) is 10.4 Å². The number of aliphatic hydroxyl groups excluding tert-OH is 1. The van der Waals surface area contributed by atoms with Crippen molar-refractivity contribution in [2.45, 2.75) is 46.6 Å². The summed E-state index contributed by atoms with van der Waals surface area (Å²) < 4.78 is 5.10. The molecule has 0 aliphatic rings. The van der Waals surface area contributed by atoms with E-state index >= 15 is 0 Å². The number of nitrogens with one attached hydrogen (secondary N) is 3. The van der Waals surface area contributed by atoms with Crippen LogP contribution in [0.5, 0.6) is 0 Å². The van der Waals surface area contributed by atoms with E-state index in [2.05, 4.69) is 34.8 Å². The molecule has 164 valence electrons. The van der Waals surface area contributed by atoms with Gasteiger partial charge >= 0.3 is 0 Å².